The van der Waals surface area contributed by atoms with Crippen molar-refractivity contribution in [2.45, 2.75) is 58.6 Å². The maximum atomic E-state index is 14.4. The molecular weight excluding hydrogens is 1130 g/mol. The molecule has 0 spiro atoms. The van der Waals surface area contributed by atoms with E-state index in [2.05, 4.69) is 25.9 Å². The van der Waals surface area contributed by atoms with Crippen molar-refractivity contribution in [2.75, 3.05) is 104 Å². The van der Waals surface area contributed by atoms with Crippen molar-refractivity contribution >= 4 is 98.7 Å². The van der Waals surface area contributed by atoms with Gasteiger partial charge in [0.15, 0.2) is 34.5 Å². The molecule has 2 aromatic heterocycles. The molecule has 6 N–H and O–H groups in total. The number of ether oxygens (including phenoxy) is 7. The predicted molar refractivity (Wildman–Crippen MR) is 308 cm³/mol. The van der Waals surface area contributed by atoms with Crippen LogP contribution in [-0.2, 0) is 40.0 Å². The minimum Gasteiger partial charge on any atom is -0.493 e. The van der Waals surface area contributed by atoms with E-state index in [1.165, 1.54) is 50.1 Å². The number of Topliss-reactive ketones (excluding diaryl/α,β-unsaturated/α-hetero) is 1. The average molecular weight is 1200 g/mol. The number of urea groups is 1. The minimum atomic E-state index is -1.02. The average Bonchev–Trinajstić information content (AvgIpc) is 3.21. The van der Waals surface area contributed by atoms with Gasteiger partial charge in [-0.2, -0.15) is 0 Å². The molecule has 0 aliphatic carbocycles. The number of fused-ring (bicyclic) bond motifs is 4. The number of rotatable bonds is 28. The number of hydrogen-bond acceptors (Lipinski definition) is 18. The summed E-state index contributed by atoms with van der Waals surface area (Å²) in [7, 11) is 7.45. The van der Waals surface area contributed by atoms with Gasteiger partial charge in [-0.05, 0) is 48.6 Å². The molecule has 0 radical (unpaired) electrons. The molecule has 3 aromatic carbocycles. The number of alkyl halides is 1. The number of oxazole rings is 1. The van der Waals surface area contributed by atoms with Gasteiger partial charge in [-0.3, -0.25) is 28.9 Å². The highest BCUT2D eigenvalue weighted by Crippen LogP contribution is 2.47. The highest BCUT2D eigenvalue weighted by Gasteiger charge is 2.39. The number of carbonyl (C=O) groups excluding carboxylic acids is 9. The number of alkyl carbamates (subject to hydrolysis) is 1. The molecule has 4 heterocycles. The molecular formula is C57H69ClN10O17. The van der Waals surface area contributed by atoms with Crippen LogP contribution in [0.2, 0.25) is 0 Å². The quantitative estimate of drug-likeness (QED) is 0.0218. The lowest BCUT2D eigenvalue weighted by molar-refractivity contribution is -0.137. The zero-order valence-electron chi connectivity index (χ0n) is 48.3. The molecule has 3 atom stereocenters. The summed E-state index contributed by atoms with van der Waals surface area (Å²) < 4.78 is 44.7. The fourth-order valence-electron chi connectivity index (χ4n) is 9.58. The fourth-order valence-corrected chi connectivity index (χ4v) is 9.84. The largest absolute Gasteiger partial charge is 0.493 e. The van der Waals surface area contributed by atoms with Crippen LogP contribution >= 0.6 is 11.6 Å². The first-order valence-corrected chi connectivity index (χ1v) is 27.6. The molecule has 0 fully saturated rings. The fraction of sp³-hybridized carbons (Fsp3) is 0.439. The third-order valence-electron chi connectivity index (χ3n) is 14.1. The summed E-state index contributed by atoms with van der Waals surface area (Å²) >= 11 is 6.51. The maximum absolute atomic E-state index is 14.4. The molecule has 85 heavy (non-hydrogen) atoms. The van der Waals surface area contributed by atoms with Crippen molar-refractivity contribution in [3.63, 3.8) is 0 Å². The van der Waals surface area contributed by atoms with Crippen molar-refractivity contribution in [3.05, 3.63) is 77.3 Å². The second kappa shape index (κ2) is 28.9. The maximum Gasteiger partial charge on any atom is 0.415 e. The van der Waals surface area contributed by atoms with E-state index in [1.54, 1.807) is 63.2 Å². The van der Waals surface area contributed by atoms with Crippen LogP contribution in [0.4, 0.5) is 30.6 Å². The Bertz CT molecular complexity index is 3330. The first-order chi connectivity index (χ1) is 40.7. The van der Waals surface area contributed by atoms with Crippen LogP contribution in [0.25, 0.3) is 22.0 Å². The van der Waals surface area contributed by atoms with Crippen molar-refractivity contribution in [1.29, 1.82) is 0 Å². The van der Waals surface area contributed by atoms with Gasteiger partial charge in [0, 0.05) is 106 Å². The van der Waals surface area contributed by atoms with Crippen LogP contribution in [0.3, 0.4) is 0 Å². The Morgan fingerprint density at radius 3 is 2.22 bits per heavy atom. The van der Waals surface area contributed by atoms with Gasteiger partial charge in [-0.15, -0.1) is 11.6 Å². The van der Waals surface area contributed by atoms with Crippen LogP contribution in [0.15, 0.2) is 59.0 Å². The number of likely N-dealkylation sites (N-methyl/N-ethyl adjacent to an activating group) is 2. The summed E-state index contributed by atoms with van der Waals surface area (Å²) in [6.45, 7) is 5.16. The molecule has 2 aliphatic heterocycles. The highest BCUT2D eigenvalue weighted by atomic mass is 35.5. The Hall–Kier alpha value is -9.11. The van der Waals surface area contributed by atoms with Crippen LogP contribution in [0.5, 0.6) is 23.0 Å². The van der Waals surface area contributed by atoms with Crippen LogP contribution in [0.1, 0.15) is 66.5 Å². The monoisotopic (exact) mass is 1200 g/mol. The Balaban J connectivity index is 0.903. The Labute approximate surface area is 493 Å². The zero-order valence-corrected chi connectivity index (χ0v) is 49.1. The molecule has 0 saturated carbocycles. The number of aromatic amines is 1. The Kier molecular flexibility index (Phi) is 21.6. The number of imide groups is 1. The van der Waals surface area contributed by atoms with Gasteiger partial charge in [0.1, 0.15) is 24.4 Å². The van der Waals surface area contributed by atoms with Gasteiger partial charge < -0.3 is 78.9 Å². The molecule has 9 amide bonds. The SMILES string of the molecule is COc1cc2cc(C(=O)N3CC(CCl)c4c3cc(OC(=O)N(C)CCN(C)C(=O)OCc3ccc(NC(=O)[C@H](CCCNC(N)=O)CC(=O)[C@@H](NC(=O)OCCOCCN5C(=O)C=CC5=O)C(C)C)cc3)c3oc(C)nc43)[nH]c2c(OC)c1OC. The van der Waals surface area contributed by atoms with E-state index in [1.807, 2.05) is 0 Å². The van der Waals surface area contributed by atoms with Crippen molar-refractivity contribution in [2.24, 2.45) is 17.6 Å². The molecule has 7 rings (SSSR count). The van der Waals surface area contributed by atoms with Gasteiger partial charge in [0.05, 0.1) is 58.3 Å². The first kappa shape index (κ1) is 63.5. The molecule has 0 saturated heterocycles. The summed E-state index contributed by atoms with van der Waals surface area (Å²) in [5.41, 5.74) is 8.56. The van der Waals surface area contributed by atoms with Crippen LogP contribution in [0, 0.1) is 18.8 Å². The third kappa shape index (κ3) is 15.6. The first-order valence-electron chi connectivity index (χ1n) is 27.1. The summed E-state index contributed by atoms with van der Waals surface area (Å²) in [5, 5.41) is 8.48. The molecule has 456 valence electrons. The molecule has 0 bridgehead atoms. The van der Waals surface area contributed by atoms with Gasteiger partial charge in [0.2, 0.25) is 11.7 Å². The number of benzene rings is 3. The Morgan fingerprint density at radius 1 is 0.882 bits per heavy atom. The van der Waals surface area contributed by atoms with E-state index in [0.717, 1.165) is 17.1 Å². The molecule has 1 unspecified atom stereocenters. The second-order valence-electron chi connectivity index (χ2n) is 20.3. The van der Waals surface area contributed by atoms with E-state index in [9.17, 15) is 43.2 Å². The lowest BCUT2D eigenvalue weighted by atomic mass is 9.89. The predicted octanol–water partition coefficient (Wildman–Crippen LogP) is 5.98. The number of nitrogens with one attached hydrogen (secondary N) is 4. The van der Waals surface area contributed by atoms with Crippen molar-refractivity contribution in [1.82, 2.24) is 35.3 Å². The van der Waals surface area contributed by atoms with E-state index >= 15 is 0 Å². The molecule has 2 aliphatic rings. The third-order valence-corrected chi connectivity index (χ3v) is 14.4. The number of nitrogens with two attached hydrogens (primary N) is 1. The van der Waals surface area contributed by atoms with Gasteiger partial charge in [-0.1, -0.05) is 26.0 Å². The lowest BCUT2D eigenvalue weighted by Gasteiger charge is -2.24. The smallest absolute Gasteiger partial charge is 0.415 e. The number of methoxy groups -OCH3 is 3. The van der Waals surface area contributed by atoms with E-state index in [4.69, 9.17) is 54.9 Å². The number of H-pyrrole nitrogens is 1. The highest BCUT2D eigenvalue weighted by molar-refractivity contribution is 6.19. The summed E-state index contributed by atoms with van der Waals surface area (Å²) in [4.78, 5) is 129. The number of amides is 9. The van der Waals surface area contributed by atoms with Crippen LogP contribution < -0.4 is 45.5 Å². The minimum absolute atomic E-state index is 0.00490. The van der Waals surface area contributed by atoms with Crippen molar-refractivity contribution < 1.29 is 80.7 Å². The van der Waals surface area contributed by atoms with Gasteiger partial charge in [0.25, 0.3) is 17.7 Å². The normalized spacial score (nSPS) is 14.3. The molecule has 5 aromatic rings. The summed E-state index contributed by atoms with van der Waals surface area (Å²) in [6.07, 6.45) is 0.143. The van der Waals surface area contributed by atoms with Gasteiger partial charge in [-0.25, -0.2) is 24.2 Å². The number of primary amides is 1. The molecule has 27 nitrogen and oxygen atoms in total. The molecule has 28 heteroatoms. The standard InChI is InChI=1S/C57H69ClN10O17/c1-31(2)46(64-55(75)82-23-22-81-21-20-67-43(70)15-16-44(67)71)40(69)25-34(10-9-17-60-54(59)74)52(72)62-37-13-11-33(12-14-37)30-83-56(76)65(4)18-19-66(5)57(77)85-42-27-39-45(48-49(42)84-32(3)61-48)36(28-58)29-68(39)53(73)38-24-35-26-41(78-6)50(79-7)51(80-8)47(35)63-38/h11-16,24,26-27,31,34,36,46,63H,9-10,17-23,25,28-30H2,1-8H3,(H,62,72)(H,64,75)(H3,59,60,74)/t34-,36?,46+/m1/s1. The number of aromatic nitrogens is 2. The number of anilines is 2. The van der Waals surface area contributed by atoms with Crippen molar-refractivity contribution in [3.8, 4) is 23.0 Å². The summed E-state index contributed by atoms with van der Waals surface area (Å²) in [5.74, 6) is -2.32. The van der Waals surface area contributed by atoms with E-state index in [0.29, 0.717) is 68.5 Å². The number of carbonyl (C=O) groups is 9. The number of hydrogen-bond donors (Lipinski definition) is 5. The zero-order chi connectivity index (χ0) is 61.6. The number of aryl methyl sites for hydroxylation is 1. The Morgan fingerprint density at radius 2 is 1.58 bits per heavy atom. The van der Waals surface area contributed by atoms with Crippen LogP contribution in [-0.4, -0.2) is 178 Å². The summed E-state index contributed by atoms with van der Waals surface area (Å²) in [6, 6.07) is 9.64. The number of nitrogens with zero attached hydrogens (tertiary/aromatic N) is 5. The number of halogens is 1. The topological polar surface area (TPSA) is 335 Å². The van der Waals surface area contributed by atoms with E-state index < -0.39 is 71.6 Å². The second-order valence-corrected chi connectivity index (χ2v) is 20.6. The van der Waals surface area contributed by atoms with E-state index in [-0.39, 0.29) is 101 Å². The number of ketones is 1. The lowest BCUT2D eigenvalue weighted by Crippen LogP contribution is -2.46. The van der Waals surface area contributed by atoms with Gasteiger partial charge >= 0.3 is 24.3 Å².